The van der Waals surface area contributed by atoms with E-state index in [9.17, 15) is 0 Å². The van der Waals surface area contributed by atoms with Gasteiger partial charge in [0.05, 0.1) is 0 Å². The molecule has 186 valence electrons. The van der Waals surface area contributed by atoms with Gasteiger partial charge in [0.1, 0.15) is 11.2 Å². The van der Waals surface area contributed by atoms with Gasteiger partial charge in [-0.3, -0.25) is 0 Å². The average Bonchev–Trinajstić information content (AvgIpc) is 3.34. The van der Waals surface area contributed by atoms with Crippen molar-refractivity contribution in [3.63, 3.8) is 0 Å². The van der Waals surface area contributed by atoms with Crippen LogP contribution in [0, 0.1) is 0 Å². The van der Waals surface area contributed by atoms with Crippen LogP contribution >= 0.6 is 0 Å². The van der Waals surface area contributed by atoms with Gasteiger partial charge >= 0.3 is 0 Å². The lowest BCUT2D eigenvalue weighted by Gasteiger charge is -2.23. The zero-order valence-corrected chi connectivity index (χ0v) is 22.4. The molecule has 0 saturated carbocycles. The topological polar surface area (TPSA) is 13.1 Å². The number of para-hydroxylation sites is 2. The molecule has 0 aliphatic rings. The summed E-state index contributed by atoms with van der Waals surface area (Å²) in [5, 5.41) is 10.3. The number of rotatable bonds is 2. The van der Waals surface area contributed by atoms with Crippen molar-refractivity contribution in [3.05, 3.63) is 121 Å². The van der Waals surface area contributed by atoms with Gasteiger partial charge in [0.2, 0.25) is 0 Å². The Morgan fingerprint density at radius 2 is 1.13 bits per heavy atom. The van der Waals surface area contributed by atoms with Crippen LogP contribution in [0.25, 0.3) is 76.5 Å². The summed E-state index contributed by atoms with van der Waals surface area (Å²) in [5.74, 6) is 0. The third kappa shape index (κ3) is 3.26. The summed E-state index contributed by atoms with van der Waals surface area (Å²) in [7, 11) is 0. The first-order valence-corrected chi connectivity index (χ1v) is 13.7. The van der Waals surface area contributed by atoms with E-state index < -0.39 is 0 Å². The summed E-state index contributed by atoms with van der Waals surface area (Å²) < 4.78 is 6.37. The molecule has 0 fully saturated rings. The third-order valence-corrected chi connectivity index (χ3v) is 8.36. The molecule has 1 nitrogen and oxygen atoms in total. The van der Waals surface area contributed by atoms with Crippen LogP contribution in [-0.2, 0) is 5.41 Å². The van der Waals surface area contributed by atoms with Crippen LogP contribution in [0.1, 0.15) is 26.3 Å². The quantitative estimate of drug-likeness (QED) is 0.215. The number of fused-ring (bicyclic) bond motifs is 3. The summed E-state index contributed by atoms with van der Waals surface area (Å²) in [6, 6.07) is 42.0. The first kappa shape index (κ1) is 22.4. The van der Waals surface area contributed by atoms with Crippen molar-refractivity contribution in [1.82, 2.24) is 0 Å². The van der Waals surface area contributed by atoms with Crippen molar-refractivity contribution < 1.29 is 4.42 Å². The molecular weight excluding hydrogens is 472 g/mol. The van der Waals surface area contributed by atoms with E-state index in [1.165, 1.54) is 49.0 Å². The van der Waals surface area contributed by atoms with Crippen molar-refractivity contribution in [2.24, 2.45) is 0 Å². The van der Waals surface area contributed by atoms with Crippen molar-refractivity contribution in [3.8, 4) is 22.3 Å². The average molecular weight is 501 g/mol. The summed E-state index contributed by atoms with van der Waals surface area (Å²) >= 11 is 0. The van der Waals surface area contributed by atoms with E-state index in [0.29, 0.717) is 0 Å². The van der Waals surface area contributed by atoms with Crippen LogP contribution in [0.3, 0.4) is 0 Å². The molecule has 0 spiro atoms. The fourth-order valence-electron chi connectivity index (χ4n) is 6.54. The molecule has 0 aliphatic carbocycles. The predicted octanol–water partition coefficient (Wildman–Crippen LogP) is 11.1. The Kier molecular flexibility index (Phi) is 4.56. The Morgan fingerprint density at radius 1 is 0.487 bits per heavy atom. The van der Waals surface area contributed by atoms with Crippen molar-refractivity contribution >= 4 is 54.3 Å². The molecule has 39 heavy (non-hydrogen) atoms. The first-order chi connectivity index (χ1) is 19.0. The zero-order chi connectivity index (χ0) is 26.3. The SMILES string of the molecule is CC(C)(C)c1ccc2ccc3c(-c4cccc(-c5cccc6c5oc5ccccc56)c4)ccc4ccc1c2c43. The van der Waals surface area contributed by atoms with Gasteiger partial charge in [0.15, 0.2) is 0 Å². The molecule has 1 aromatic heterocycles. The van der Waals surface area contributed by atoms with Gasteiger partial charge in [-0.15, -0.1) is 0 Å². The fraction of sp³-hybridized carbons (Fsp3) is 0.105. The summed E-state index contributed by atoms with van der Waals surface area (Å²) in [4.78, 5) is 0. The van der Waals surface area contributed by atoms with Crippen molar-refractivity contribution in [2.45, 2.75) is 26.2 Å². The van der Waals surface area contributed by atoms with Gasteiger partial charge in [0, 0.05) is 16.3 Å². The highest BCUT2D eigenvalue weighted by Gasteiger charge is 2.20. The van der Waals surface area contributed by atoms with E-state index in [1.54, 1.807) is 0 Å². The molecule has 1 heteroatoms. The van der Waals surface area contributed by atoms with Gasteiger partial charge in [-0.1, -0.05) is 124 Å². The second-order valence-corrected chi connectivity index (χ2v) is 11.8. The Morgan fingerprint density at radius 3 is 1.95 bits per heavy atom. The lowest BCUT2D eigenvalue weighted by Crippen LogP contribution is -2.11. The highest BCUT2D eigenvalue weighted by molar-refractivity contribution is 6.26. The lowest BCUT2D eigenvalue weighted by atomic mass is 9.80. The maximum Gasteiger partial charge on any atom is 0.143 e. The van der Waals surface area contributed by atoms with Gasteiger partial charge < -0.3 is 4.42 Å². The number of hydrogen-bond acceptors (Lipinski definition) is 1. The smallest absolute Gasteiger partial charge is 0.143 e. The molecule has 0 atom stereocenters. The summed E-state index contributed by atoms with van der Waals surface area (Å²) in [6.07, 6.45) is 0. The van der Waals surface area contributed by atoms with Gasteiger partial charge in [-0.25, -0.2) is 0 Å². The van der Waals surface area contributed by atoms with Crippen LogP contribution in [0.2, 0.25) is 0 Å². The molecule has 8 aromatic rings. The standard InChI is InChI=1S/C38H28O/c1-38(2,3)33-21-17-24-15-19-30-27(18-14-23-16-20-32(33)36(24)35(23)30)25-8-6-9-26(22-25)28-11-7-12-31-29-10-4-5-13-34(29)39-37(28)31/h4-22H,1-3H3. The fourth-order valence-corrected chi connectivity index (χ4v) is 6.54. The van der Waals surface area contributed by atoms with Gasteiger partial charge in [0.25, 0.3) is 0 Å². The number of furan rings is 1. The molecule has 0 saturated heterocycles. The van der Waals surface area contributed by atoms with E-state index >= 15 is 0 Å². The van der Waals surface area contributed by atoms with Crippen LogP contribution in [0.4, 0.5) is 0 Å². The molecule has 7 aromatic carbocycles. The minimum absolute atomic E-state index is 0.0805. The van der Waals surface area contributed by atoms with Gasteiger partial charge in [-0.05, 0) is 72.1 Å². The Bertz CT molecular complexity index is 2200. The van der Waals surface area contributed by atoms with Crippen LogP contribution in [0.15, 0.2) is 120 Å². The molecular formula is C38H28O. The van der Waals surface area contributed by atoms with Crippen molar-refractivity contribution in [1.29, 1.82) is 0 Å². The predicted molar refractivity (Wildman–Crippen MR) is 167 cm³/mol. The van der Waals surface area contributed by atoms with Crippen LogP contribution in [-0.4, -0.2) is 0 Å². The molecule has 0 radical (unpaired) electrons. The van der Waals surface area contributed by atoms with Gasteiger partial charge in [-0.2, -0.15) is 0 Å². The Labute approximate surface area is 227 Å². The minimum atomic E-state index is 0.0805. The Hall–Kier alpha value is -4.62. The van der Waals surface area contributed by atoms with E-state index in [4.69, 9.17) is 4.42 Å². The molecule has 1 heterocycles. The normalized spacial score (nSPS) is 12.5. The maximum atomic E-state index is 6.37. The number of benzene rings is 7. The number of hydrogen-bond donors (Lipinski definition) is 0. The minimum Gasteiger partial charge on any atom is -0.455 e. The second-order valence-electron chi connectivity index (χ2n) is 11.8. The molecule has 0 aliphatic heterocycles. The summed E-state index contributed by atoms with van der Waals surface area (Å²) in [6.45, 7) is 6.91. The molecule has 0 bridgehead atoms. The van der Waals surface area contributed by atoms with Crippen LogP contribution in [0.5, 0.6) is 0 Å². The third-order valence-electron chi connectivity index (χ3n) is 8.36. The second kappa shape index (κ2) is 7.94. The highest BCUT2D eigenvalue weighted by atomic mass is 16.3. The largest absolute Gasteiger partial charge is 0.455 e. The van der Waals surface area contributed by atoms with Crippen molar-refractivity contribution in [2.75, 3.05) is 0 Å². The maximum absolute atomic E-state index is 6.37. The molecule has 0 N–H and O–H groups in total. The van der Waals surface area contributed by atoms with E-state index in [-0.39, 0.29) is 5.41 Å². The Balaban J connectivity index is 1.37. The molecule has 8 rings (SSSR count). The van der Waals surface area contributed by atoms with E-state index in [2.05, 4.69) is 124 Å². The summed E-state index contributed by atoms with van der Waals surface area (Å²) in [5.41, 5.74) is 8.12. The lowest BCUT2D eigenvalue weighted by molar-refractivity contribution is 0.596. The highest BCUT2D eigenvalue weighted by Crippen LogP contribution is 2.43. The molecule has 0 unspecified atom stereocenters. The molecule has 0 amide bonds. The zero-order valence-electron chi connectivity index (χ0n) is 22.4. The van der Waals surface area contributed by atoms with Crippen LogP contribution < -0.4 is 0 Å². The first-order valence-electron chi connectivity index (χ1n) is 13.7. The van der Waals surface area contributed by atoms with E-state index in [1.807, 2.05) is 12.1 Å². The monoisotopic (exact) mass is 500 g/mol. The van der Waals surface area contributed by atoms with E-state index in [0.717, 1.165) is 33.1 Å².